The molecule has 1 aliphatic carbocycles. The topological polar surface area (TPSA) is 75.1 Å². The highest BCUT2D eigenvalue weighted by Crippen LogP contribution is 2.35. The van der Waals surface area contributed by atoms with Gasteiger partial charge in [0.05, 0.1) is 5.41 Å². The summed E-state index contributed by atoms with van der Waals surface area (Å²) in [6.07, 6.45) is 8.89. The number of aliphatic carboxylic acids is 1. The third-order valence-corrected chi connectivity index (χ3v) is 3.70. The lowest BCUT2D eigenvalue weighted by Crippen LogP contribution is -2.37. The molecule has 5 nitrogen and oxygen atoms in total. The Balaban J connectivity index is 2.04. The van der Waals surface area contributed by atoms with Crippen molar-refractivity contribution in [2.75, 3.05) is 11.9 Å². The summed E-state index contributed by atoms with van der Waals surface area (Å²) >= 11 is 0. The van der Waals surface area contributed by atoms with Crippen LogP contribution in [0.3, 0.4) is 0 Å². The SMILES string of the molecule is O=C(O)C1(CNc2ccncn2)CCCCCC1. The van der Waals surface area contributed by atoms with Gasteiger partial charge in [-0.25, -0.2) is 9.97 Å². The van der Waals surface area contributed by atoms with Crippen LogP contribution >= 0.6 is 0 Å². The number of hydrogen-bond donors (Lipinski definition) is 2. The summed E-state index contributed by atoms with van der Waals surface area (Å²) in [4.78, 5) is 19.5. The molecule has 1 aliphatic rings. The number of aromatic nitrogens is 2. The number of hydrogen-bond acceptors (Lipinski definition) is 4. The molecule has 0 unspecified atom stereocenters. The van der Waals surface area contributed by atoms with Gasteiger partial charge in [-0.2, -0.15) is 0 Å². The highest BCUT2D eigenvalue weighted by Gasteiger charge is 2.38. The normalized spacial score (nSPS) is 18.9. The van der Waals surface area contributed by atoms with Gasteiger partial charge in [0, 0.05) is 12.7 Å². The molecule has 1 fully saturated rings. The van der Waals surface area contributed by atoms with Crippen molar-refractivity contribution in [3.63, 3.8) is 0 Å². The largest absolute Gasteiger partial charge is 0.481 e. The molecule has 1 saturated carbocycles. The highest BCUT2D eigenvalue weighted by atomic mass is 16.4. The Morgan fingerprint density at radius 1 is 1.33 bits per heavy atom. The van der Waals surface area contributed by atoms with Gasteiger partial charge in [-0.3, -0.25) is 4.79 Å². The molecule has 98 valence electrons. The third-order valence-electron chi connectivity index (χ3n) is 3.70. The smallest absolute Gasteiger partial charge is 0.311 e. The van der Waals surface area contributed by atoms with Crippen LogP contribution in [-0.4, -0.2) is 27.6 Å². The summed E-state index contributed by atoms with van der Waals surface area (Å²) in [6, 6.07) is 1.76. The van der Waals surface area contributed by atoms with Crippen molar-refractivity contribution in [2.45, 2.75) is 38.5 Å². The first kappa shape index (κ1) is 12.8. The minimum Gasteiger partial charge on any atom is -0.481 e. The van der Waals surface area contributed by atoms with E-state index in [4.69, 9.17) is 0 Å². The lowest BCUT2D eigenvalue weighted by Gasteiger charge is -2.28. The van der Waals surface area contributed by atoms with Crippen molar-refractivity contribution in [3.8, 4) is 0 Å². The van der Waals surface area contributed by atoms with Crippen LogP contribution in [0.2, 0.25) is 0 Å². The van der Waals surface area contributed by atoms with E-state index in [-0.39, 0.29) is 0 Å². The maximum absolute atomic E-state index is 11.6. The fraction of sp³-hybridized carbons (Fsp3) is 0.615. The molecule has 1 heterocycles. The maximum atomic E-state index is 11.6. The van der Waals surface area contributed by atoms with Gasteiger partial charge in [0.2, 0.25) is 0 Å². The maximum Gasteiger partial charge on any atom is 0.311 e. The first-order valence-electron chi connectivity index (χ1n) is 6.46. The van der Waals surface area contributed by atoms with Crippen LogP contribution in [0.4, 0.5) is 5.82 Å². The van der Waals surface area contributed by atoms with Crippen LogP contribution in [0.5, 0.6) is 0 Å². The van der Waals surface area contributed by atoms with E-state index in [0.717, 1.165) is 38.5 Å². The van der Waals surface area contributed by atoms with Gasteiger partial charge >= 0.3 is 5.97 Å². The van der Waals surface area contributed by atoms with Gasteiger partial charge < -0.3 is 10.4 Å². The molecule has 0 radical (unpaired) electrons. The average Bonchev–Trinajstić information content (AvgIpc) is 2.64. The van der Waals surface area contributed by atoms with Crippen molar-refractivity contribution in [1.82, 2.24) is 9.97 Å². The molecule has 1 aromatic heterocycles. The van der Waals surface area contributed by atoms with Gasteiger partial charge in [0.15, 0.2) is 0 Å². The number of anilines is 1. The van der Waals surface area contributed by atoms with Crippen LogP contribution in [0.15, 0.2) is 18.6 Å². The molecule has 0 saturated heterocycles. The average molecular weight is 249 g/mol. The predicted molar refractivity (Wildman–Crippen MR) is 68.3 cm³/mol. The fourth-order valence-corrected chi connectivity index (χ4v) is 2.53. The van der Waals surface area contributed by atoms with E-state index in [9.17, 15) is 9.90 Å². The standard InChI is InChI=1S/C13H19N3O2/c17-12(18)13(6-3-1-2-4-7-13)9-15-11-5-8-14-10-16-11/h5,8,10H,1-4,6-7,9H2,(H,17,18)(H,14,15,16). The quantitative estimate of drug-likeness (QED) is 0.801. The van der Waals surface area contributed by atoms with Crippen molar-refractivity contribution in [1.29, 1.82) is 0 Å². The van der Waals surface area contributed by atoms with Gasteiger partial charge in [-0.05, 0) is 18.9 Å². The zero-order valence-electron chi connectivity index (χ0n) is 10.4. The van der Waals surface area contributed by atoms with Crippen molar-refractivity contribution in [3.05, 3.63) is 18.6 Å². The van der Waals surface area contributed by atoms with E-state index in [1.54, 1.807) is 12.3 Å². The summed E-state index contributed by atoms with van der Waals surface area (Å²) in [5.74, 6) is 0.000767. The molecule has 5 heteroatoms. The molecule has 0 bridgehead atoms. The number of rotatable bonds is 4. The molecule has 0 aromatic carbocycles. The number of carboxylic acid groups (broad SMARTS) is 1. The molecule has 18 heavy (non-hydrogen) atoms. The monoisotopic (exact) mass is 249 g/mol. The second kappa shape index (κ2) is 5.80. The van der Waals surface area contributed by atoms with Crippen LogP contribution < -0.4 is 5.32 Å². The lowest BCUT2D eigenvalue weighted by atomic mass is 9.80. The fourth-order valence-electron chi connectivity index (χ4n) is 2.53. The van der Waals surface area contributed by atoms with E-state index >= 15 is 0 Å². The van der Waals surface area contributed by atoms with Crippen LogP contribution in [0.25, 0.3) is 0 Å². The Hall–Kier alpha value is -1.65. The Morgan fingerprint density at radius 3 is 2.61 bits per heavy atom. The summed E-state index contributed by atoms with van der Waals surface area (Å²) < 4.78 is 0. The molecule has 0 spiro atoms. The van der Waals surface area contributed by atoms with E-state index in [1.807, 2.05) is 0 Å². The van der Waals surface area contributed by atoms with Crippen LogP contribution in [0.1, 0.15) is 38.5 Å². The van der Waals surface area contributed by atoms with E-state index < -0.39 is 11.4 Å². The molecular formula is C13H19N3O2. The molecular weight excluding hydrogens is 230 g/mol. The Morgan fingerprint density at radius 2 is 2.06 bits per heavy atom. The summed E-state index contributed by atoms with van der Waals surface area (Å²) in [5.41, 5.74) is -0.637. The molecule has 0 atom stereocenters. The Bertz CT molecular complexity index is 386. The van der Waals surface area contributed by atoms with Crippen molar-refractivity contribution in [2.24, 2.45) is 5.41 Å². The number of carbonyl (C=O) groups is 1. The van der Waals surface area contributed by atoms with E-state index in [0.29, 0.717) is 12.4 Å². The summed E-state index contributed by atoms with van der Waals surface area (Å²) in [6.45, 7) is 0.444. The molecule has 2 N–H and O–H groups in total. The zero-order chi connectivity index (χ0) is 12.8. The van der Waals surface area contributed by atoms with Gasteiger partial charge in [0.25, 0.3) is 0 Å². The van der Waals surface area contributed by atoms with Crippen LogP contribution in [-0.2, 0) is 4.79 Å². The number of carboxylic acids is 1. The first-order valence-corrected chi connectivity index (χ1v) is 6.46. The minimum atomic E-state index is -0.689. The summed E-state index contributed by atoms with van der Waals surface area (Å²) in [7, 11) is 0. The van der Waals surface area contributed by atoms with E-state index in [1.165, 1.54) is 6.33 Å². The van der Waals surface area contributed by atoms with E-state index in [2.05, 4.69) is 15.3 Å². The Labute approximate surface area is 107 Å². The van der Waals surface area contributed by atoms with Crippen molar-refractivity contribution < 1.29 is 9.90 Å². The molecule has 2 rings (SSSR count). The first-order chi connectivity index (χ1) is 8.73. The second-order valence-electron chi connectivity index (χ2n) is 4.95. The number of nitrogens with one attached hydrogen (secondary N) is 1. The Kier molecular flexibility index (Phi) is 4.12. The van der Waals surface area contributed by atoms with Crippen LogP contribution in [0, 0.1) is 5.41 Å². The molecule has 0 aliphatic heterocycles. The highest BCUT2D eigenvalue weighted by molar-refractivity contribution is 5.75. The van der Waals surface area contributed by atoms with Gasteiger partial charge in [-0.1, -0.05) is 25.7 Å². The van der Waals surface area contributed by atoms with Gasteiger partial charge in [-0.15, -0.1) is 0 Å². The zero-order valence-corrected chi connectivity index (χ0v) is 10.4. The minimum absolute atomic E-state index is 0.444. The second-order valence-corrected chi connectivity index (χ2v) is 4.95. The molecule has 1 aromatic rings. The molecule has 0 amide bonds. The lowest BCUT2D eigenvalue weighted by molar-refractivity contribution is -0.149. The predicted octanol–water partition coefficient (Wildman–Crippen LogP) is 2.31. The summed E-state index contributed by atoms with van der Waals surface area (Å²) in [5, 5.41) is 12.7. The number of nitrogens with zero attached hydrogens (tertiary/aromatic N) is 2. The van der Waals surface area contributed by atoms with Gasteiger partial charge in [0.1, 0.15) is 12.1 Å². The third kappa shape index (κ3) is 2.97. The van der Waals surface area contributed by atoms with Crippen molar-refractivity contribution >= 4 is 11.8 Å².